The van der Waals surface area contributed by atoms with Gasteiger partial charge in [0.15, 0.2) is 0 Å². The van der Waals surface area contributed by atoms with Crippen LogP contribution in [0.5, 0.6) is 0 Å². The summed E-state index contributed by atoms with van der Waals surface area (Å²) in [7, 11) is 1.63. The molecule has 0 aliphatic rings. The highest BCUT2D eigenvalue weighted by Crippen LogP contribution is 2.28. The highest BCUT2D eigenvalue weighted by molar-refractivity contribution is 8.00. The summed E-state index contributed by atoms with van der Waals surface area (Å²) in [5.74, 6) is 0.0123. The number of benzene rings is 1. The number of thioether (sulfide) groups is 1. The summed E-state index contributed by atoms with van der Waals surface area (Å²) in [6, 6.07) is 7.54. The van der Waals surface area contributed by atoms with Crippen LogP contribution in [0.4, 0.5) is 5.69 Å². The zero-order valence-electron chi connectivity index (χ0n) is 8.28. The number of nitrogens with one attached hydrogen (secondary N) is 1. The molecule has 0 bridgehead atoms. The van der Waals surface area contributed by atoms with Crippen LogP contribution in [0.25, 0.3) is 0 Å². The second-order valence-corrected chi connectivity index (χ2v) is 4.29. The van der Waals surface area contributed by atoms with Gasteiger partial charge in [0.05, 0.1) is 5.25 Å². The van der Waals surface area contributed by atoms with E-state index in [0.717, 1.165) is 4.90 Å². The fourth-order valence-corrected chi connectivity index (χ4v) is 2.00. The van der Waals surface area contributed by atoms with Crippen molar-refractivity contribution in [1.29, 1.82) is 0 Å². The number of carbonyl (C=O) groups excluding carboxylic acids is 1. The van der Waals surface area contributed by atoms with Crippen molar-refractivity contribution in [2.24, 2.45) is 0 Å². The number of rotatable bonds is 3. The molecule has 14 heavy (non-hydrogen) atoms. The second-order valence-electron chi connectivity index (χ2n) is 2.91. The number of nitrogens with two attached hydrogens (primary N) is 1. The molecule has 1 rings (SSSR count). The van der Waals surface area contributed by atoms with Crippen LogP contribution in [0, 0.1) is 0 Å². The monoisotopic (exact) mass is 210 g/mol. The zero-order valence-corrected chi connectivity index (χ0v) is 9.10. The first-order chi connectivity index (χ1) is 6.65. The zero-order chi connectivity index (χ0) is 10.6. The van der Waals surface area contributed by atoms with Crippen molar-refractivity contribution in [1.82, 2.24) is 5.32 Å². The standard InChI is InChI=1S/C10H14N2OS/c1-7(10(13)12-2)14-9-6-4-3-5-8(9)11/h3-7H,11H2,1-2H3,(H,12,13). The van der Waals surface area contributed by atoms with Crippen LogP contribution in [-0.2, 0) is 4.79 Å². The average Bonchev–Trinajstić information content (AvgIpc) is 2.20. The summed E-state index contributed by atoms with van der Waals surface area (Å²) >= 11 is 1.47. The summed E-state index contributed by atoms with van der Waals surface area (Å²) in [6.45, 7) is 1.86. The molecule has 0 aliphatic heterocycles. The Morgan fingerprint density at radius 3 is 2.71 bits per heavy atom. The number of nitrogen functional groups attached to an aromatic ring is 1. The normalized spacial score (nSPS) is 12.1. The van der Waals surface area contributed by atoms with Crippen molar-refractivity contribution in [3.05, 3.63) is 24.3 Å². The van der Waals surface area contributed by atoms with Crippen LogP contribution in [0.3, 0.4) is 0 Å². The van der Waals surface area contributed by atoms with Crippen molar-refractivity contribution >= 4 is 23.4 Å². The molecule has 0 fully saturated rings. The number of hydrogen-bond acceptors (Lipinski definition) is 3. The lowest BCUT2D eigenvalue weighted by molar-refractivity contribution is -0.119. The van der Waals surface area contributed by atoms with Crippen LogP contribution in [0.1, 0.15) is 6.92 Å². The van der Waals surface area contributed by atoms with Crippen LogP contribution >= 0.6 is 11.8 Å². The molecule has 0 spiro atoms. The Bertz CT molecular complexity index is 328. The number of para-hydroxylation sites is 1. The van der Waals surface area contributed by atoms with Gasteiger partial charge in [-0.05, 0) is 19.1 Å². The Kier molecular flexibility index (Phi) is 3.83. The van der Waals surface area contributed by atoms with E-state index in [0.29, 0.717) is 5.69 Å². The maximum absolute atomic E-state index is 11.3. The number of anilines is 1. The second kappa shape index (κ2) is 4.91. The molecule has 1 atom stereocenters. The molecule has 0 aromatic heterocycles. The Balaban J connectivity index is 2.69. The third-order valence-corrected chi connectivity index (χ3v) is 3.03. The maximum atomic E-state index is 11.3. The van der Waals surface area contributed by atoms with Crippen molar-refractivity contribution in [2.75, 3.05) is 12.8 Å². The minimum atomic E-state index is -0.121. The molecular formula is C10H14N2OS. The van der Waals surface area contributed by atoms with Crippen LogP contribution < -0.4 is 11.1 Å². The lowest BCUT2D eigenvalue weighted by atomic mass is 10.3. The molecule has 0 heterocycles. The highest BCUT2D eigenvalue weighted by atomic mass is 32.2. The number of carbonyl (C=O) groups is 1. The number of amides is 1. The van der Waals surface area contributed by atoms with Gasteiger partial charge < -0.3 is 11.1 Å². The van der Waals surface area contributed by atoms with E-state index in [-0.39, 0.29) is 11.2 Å². The summed E-state index contributed by atoms with van der Waals surface area (Å²) in [5.41, 5.74) is 6.47. The average molecular weight is 210 g/mol. The molecule has 0 radical (unpaired) electrons. The largest absolute Gasteiger partial charge is 0.398 e. The van der Waals surface area contributed by atoms with Gasteiger partial charge in [-0.2, -0.15) is 0 Å². The summed E-state index contributed by atoms with van der Waals surface area (Å²) in [5, 5.41) is 2.48. The Labute approximate surface area is 88.1 Å². The van der Waals surface area contributed by atoms with Gasteiger partial charge in [-0.1, -0.05) is 12.1 Å². The van der Waals surface area contributed by atoms with Gasteiger partial charge in [-0.3, -0.25) is 4.79 Å². The quantitative estimate of drug-likeness (QED) is 0.587. The van der Waals surface area contributed by atoms with Gasteiger partial charge in [-0.15, -0.1) is 11.8 Å². The van der Waals surface area contributed by atoms with Crippen LogP contribution in [0.2, 0.25) is 0 Å². The van der Waals surface area contributed by atoms with Crippen molar-refractivity contribution in [3.63, 3.8) is 0 Å². The van der Waals surface area contributed by atoms with E-state index in [1.54, 1.807) is 7.05 Å². The molecule has 1 aromatic rings. The topological polar surface area (TPSA) is 55.1 Å². The lowest BCUT2D eigenvalue weighted by Crippen LogP contribution is -2.27. The first kappa shape index (κ1) is 10.9. The summed E-state index contributed by atoms with van der Waals surface area (Å²) in [6.07, 6.45) is 0. The Morgan fingerprint density at radius 2 is 2.14 bits per heavy atom. The van der Waals surface area contributed by atoms with Gasteiger partial charge in [0.2, 0.25) is 5.91 Å². The van der Waals surface area contributed by atoms with Gasteiger partial charge >= 0.3 is 0 Å². The molecule has 4 heteroatoms. The van der Waals surface area contributed by atoms with E-state index in [1.165, 1.54) is 11.8 Å². The Morgan fingerprint density at radius 1 is 1.50 bits per heavy atom. The first-order valence-corrected chi connectivity index (χ1v) is 5.26. The minimum absolute atomic E-state index is 0.0123. The predicted octanol–water partition coefficient (Wildman–Crippen LogP) is 1.50. The molecule has 0 aliphatic carbocycles. The fourth-order valence-electron chi connectivity index (χ4n) is 1.04. The smallest absolute Gasteiger partial charge is 0.232 e. The fraction of sp³-hybridized carbons (Fsp3) is 0.300. The third-order valence-electron chi connectivity index (χ3n) is 1.84. The van der Waals surface area contributed by atoms with E-state index in [2.05, 4.69) is 5.32 Å². The molecule has 0 saturated heterocycles. The molecular weight excluding hydrogens is 196 g/mol. The van der Waals surface area contributed by atoms with Gasteiger partial charge in [0, 0.05) is 17.6 Å². The molecule has 3 N–H and O–H groups in total. The van der Waals surface area contributed by atoms with E-state index < -0.39 is 0 Å². The maximum Gasteiger partial charge on any atom is 0.232 e. The lowest BCUT2D eigenvalue weighted by Gasteiger charge is -2.10. The van der Waals surface area contributed by atoms with E-state index >= 15 is 0 Å². The first-order valence-electron chi connectivity index (χ1n) is 4.38. The van der Waals surface area contributed by atoms with Crippen molar-refractivity contribution < 1.29 is 4.79 Å². The summed E-state index contributed by atoms with van der Waals surface area (Å²) in [4.78, 5) is 12.2. The minimum Gasteiger partial charge on any atom is -0.398 e. The van der Waals surface area contributed by atoms with Gasteiger partial charge in [0.1, 0.15) is 0 Å². The highest BCUT2D eigenvalue weighted by Gasteiger charge is 2.13. The summed E-state index contributed by atoms with van der Waals surface area (Å²) < 4.78 is 0. The van der Waals surface area contributed by atoms with E-state index in [4.69, 9.17) is 5.73 Å². The third kappa shape index (κ3) is 2.67. The Hall–Kier alpha value is -1.16. The van der Waals surface area contributed by atoms with E-state index in [9.17, 15) is 4.79 Å². The van der Waals surface area contributed by atoms with Gasteiger partial charge in [0.25, 0.3) is 0 Å². The van der Waals surface area contributed by atoms with Gasteiger partial charge in [-0.25, -0.2) is 0 Å². The van der Waals surface area contributed by atoms with Crippen molar-refractivity contribution in [2.45, 2.75) is 17.1 Å². The molecule has 1 unspecified atom stereocenters. The van der Waals surface area contributed by atoms with E-state index in [1.807, 2.05) is 31.2 Å². The molecule has 1 aromatic carbocycles. The SMILES string of the molecule is CNC(=O)C(C)Sc1ccccc1N. The van der Waals surface area contributed by atoms with Crippen LogP contribution in [-0.4, -0.2) is 18.2 Å². The molecule has 76 valence electrons. The van der Waals surface area contributed by atoms with Crippen LogP contribution in [0.15, 0.2) is 29.2 Å². The van der Waals surface area contributed by atoms with Crippen molar-refractivity contribution in [3.8, 4) is 0 Å². The number of hydrogen-bond donors (Lipinski definition) is 2. The predicted molar refractivity (Wildman–Crippen MR) is 60.2 cm³/mol. The molecule has 1 amide bonds. The molecule has 0 saturated carbocycles. The molecule has 3 nitrogen and oxygen atoms in total.